The lowest BCUT2D eigenvalue weighted by molar-refractivity contribution is 0.102. The van der Waals surface area contributed by atoms with E-state index in [4.69, 9.17) is 10.5 Å². The molecule has 2 aromatic carbocycles. The second kappa shape index (κ2) is 6.90. The number of rotatable bonds is 5. The summed E-state index contributed by atoms with van der Waals surface area (Å²) in [7, 11) is 1.66. The molecule has 4 nitrogen and oxygen atoms in total. The first-order chi connectivity index (χ1) is 10.1. The summed E-state index contributed by atoms with van der Waals surface area (Å²) < 4.78 is 5.09. The number of nitrogen functional groups attached to an aromatic ring is 1. The van der Waals surface area contributed by atoms with Crippen LogP contribution in [-0.2, 0) is 11.2 Å². The number of benzene rings is 2. The molecule has 0 radical (unpaired) electrons. The van der Waals surface area contributed by atoms with Crippen LogP contribution < -0.4 is 11.1 Å². The van der Waals surface area contributed by atoms with Gasteiger partial charge in [-0.25, -0.2) is 0 Å². The lowest BCUT2D eigenvalue weighted by Gasteiger charge is -2.12. The van der Waals surface area contributed by atoms with Crippen LogP contribution in [0.3, 0.4) is 0 Å². The molecular weight excluding hydrogens is 264 g/mol. The highest BCUT2D eigenvalue weighted by Gasteiger charge is 2.12. The molecular formula is C17H20N2O2. The summed E-state index contributed by atoms with van der Waals surface area (Å²) in [5.41, 5.74) is 9.72. The average molecular weight is 284 g/mol. The fourth-order valence-corrected chi connectivity index (χ4v) is 2.14. The molecule has 0 bridgehead atoms. The highest BCUT2D eigenvalue weighted by Crippen LogP contribution is 2.20. The van der Waals surface area contributed by atoms with E-state index < -0.39 is 0 Å². The number of nitrogens with two attached hydrogens (primary N) is 1. The van der Waals surface area contributed by atoms with E-state index in [0.717, 1.165) is 23.2 Å². The highest BCUT2D eigenvalue weighted by molar-refractivity contribution is 6.08. The topological polar surface area (TPSA) is 64.3 Å². The molecule has 0 aliphatic carbocycles. The van der Waals surface area contributed by atoms with Gasteiger partial charge >= 0.3 is 0 Å². The molecule has 0 aromatic heterocycles. The first-order valence-corrected chi connectivity index (χ1v) is 6.86. The molecule has 3 N–H and O–H groups in total. The largest absolute Gasteiger partial charge is 0.398 e. The van der Waals surface area contributed by atoms with Crippen LogP contribution in [0.1, 0.15) is 21.5 Å². The number of nitrogens with one attached hydrogen (secondary N) is 1. The predicted octanol–water partition coefficient (Wildman–Crippen LogP) is 3.02. The summed E-state index contributed by atoms with van der Waals surface area (Å²) in [6.07, 6.45) is 0.746. The van der Waals surface area contributed by atoms with E-state index in [2.05, 4.69) is 5.32 Å². The maximum atomic E-state index is 12.4. The molecule has 0 fully saturated rings. The number of carbonyl (C=O) groups excluding carboxylic acids is 1. The van der Waals surface area contributed by atoms with Gasteiger partial charge in [-0.2, -0.15) is 0 Å². The third kappa shape index (κ3) is 3.61. The third-order valence-electron chi connectivity index (χ3n) is 3.41. The number of amides is 1. The molecule has 0 unspecified atom stereocenters. The van der Waals surface area contributed by atoms with Crippen LogP contribution in [0.2, 0.25) is 0 Å². The van der Waals surface area contributed by atoms with Crippen molar-refractivity contribution >= 4 is 17.3 Å². The lowest BCUT2D eigenvalue weighted by Crippen LogP contribution is -2.16. The van der Waals surface area contributed by atoms with Gasteiger partial charge in [-0.1, -0.05) is 30.3 Å². The van der Waals surface area contributed by atoms with Crippen molar-refractivity contribution in [3.8, 4) is 0 Å². The Morgan fingerprint density at radius 3 is 2.71 bits per heavy atom. The number of aryl methyl sites for hydroxylation is 1. The molecule has 110 valence electrons. The van der Waals surface area contributed by atoms with Crippen molar-refractivity contribution in [1.29, 1.82) is 0 Å². The first kappa shape index (κ1) is 15.1. The van der Waals surface area contributed by atoms with E-state index in [1.807, 2.05) is 43.3 Å². The Labute approximate surface area is 124 Å². The zero-order chi connectivity index (χ0) is 15.2. The summed E-state index contributed by atoms with van der Waals surface area (Å²) in [4.78, 5) is 12.4. The number of hydrogen-bond donors (Lipinski definition) is 2. The van der Waals surface area contributed by atoms with Crippen LogP contribution >= 0.6 is 0 Å². The molecule has 0 spiro atoms. The van der Waals surface area contributed by atoms with Gasteiger partial charge < -0.3 is 15.8 Å². The average Bonchev–Trinajstić information content (AvgIpc) is 2.49. The van der Waals surface area contributed by atoms with Gasteiger partial charge in [-0.05, 0) is 36.6 Å². The second-order valence-corrected chi connectivity index (χ2v) is 4.89. The van der Waals surface area contributed by atoms with Crippen LogP contribution in [0.5, 0.6) is 0 Å². The third-order valence-corrected chi connectivity index (χ3v) is 3.41. The predicted molar refractivity (Wildman–Crippen MR) is 85.6 cm³/mol. The number of carbonyl (C=O) groups is 1. The molecule has 1 amide bonds. The van der Waals surface area contributed by atoms with Crippen LogP contribution in [0, 0.1) is 6.92 Å². The Morgan fingerprint density at radius 1 is 1.19 bits per heavy atom. The smallest absolute Gasteiger partial charge is 0.257 e. The standard InChI is InChI=1S/C17H20N2O2/c1-12-6-5-8-14(16(12)18)17(20)19-15-9-4-3-7-13(15)10-11-21-2/h3-9H,10-11,18H2,1-2H3,(H,19,20). The monoisotopic (exact) mass is 284 g/mol. The number of para-hydroxylation sites is 2. The fourth-order valence-electron chi connectivity index (χ4n) is 2.14. The number of methoxy groups -OCH3 is 1. The van der Waals surface area contributed by atoms with Gasteiger partial charge in [0.2, 0.25) is 0 Å². The van der Waals surface area contributed by atoms with E-state index >= 15 is 0 Å². The van der Waals surface area contributed by atoms with E-state index in [1.165, 1.54) is 0 Å². The molecule has 4 heteroatoms. The summed E-state index contributed by atoms with van der Waals surface area (Å²) in [6.45, 7) is 2.50. The molecule has 0 atom stereocenters. The van der Waals surface area contributed by atoms with Gasteiger partial charge in [0.15, 0.2) is 0 Å². The molecule has 0 saturated heterocycles. The molecule has 2 rings (SSSR count). The molecule has 0 aliphatic heterocycles. The van der Waals surface area contributed by atoms with Gasteiger partial charge in [0.25, 0.3) is 5.91 Å². The van der Waals surface area contributed by atoms with E-state index in [9.17, 15) is 4.79 Å². The van der Waals surface area contributed by atoms with E-state index in [1.54, 1.807) is 13.2 Å². The Hall–Kier alpha value is -2.33. The van der Waals surface area contributed by atoms with Crippen molar-refractivity contribution in [3.05, 3.63) is 59.2 Å². The number of ether oxygens (including phenoxy) is 1. The fraction of sp³-hybridized carbons (Fsp3) is 0.235. The molecule has 2 aromatic rings. The SMILES string of the molecule is COCCc1ccccc1NC(=O)c1cccc(C)c1N. The summed E-state index contributed by atoms with van der Waals surface area (Å²) in [5, 5.41) is 2.93. The quantitative estimate of drug-likeness (QED) is 0.829. The zero-order valence-corrected chi connectivity index (χ0v) is 12.3. The van der Waals surface area contributed by atoms with Crippen LogP contribution in [0.4, 0.5) is 11.4 Å². The van der Waals surface area contributed by atoms with Crippen molar-refractivity contribution < 1.29 is 9.53 Å². The van der Waals surface area contributed by atoms with Crippen molar-refractivity contribution in [1.82, 2.24) is 0 Å². The second-order valence-electron chi connectivity index (χ2n) is 4.89. The van der Waals surface area contributed by atoms with Crippen LogP contribution in [0.15, 0.2) is 42.5 Å². The Balaban J connectivity index is 2.22. The van der Waals surface area contributed by atoms with Gasteiger partial charge in [0, 0.05) is 18.5 Å². The maximum Gasteiger partial charge on any atom is 0.257 e. The van der Waals surface area contributed by atoms with Gasteiger partial charge in [0.05, 0.1) is 12.2 Å². The minimum atomic E-state index is -0.193. The first-order valence-electron chi connectivity index (χ1n) is 6.86. The van der Waals surface area contributed by atoms with Crippen molar-refractivity contribution in [2.45, 2.75) is 13.3 Å². The van der Waals surface area contributed by atoms with Crippen LogP contribution in [0.25, 0.3) is 0 Å². The minimum Gasteiger partial charge on any atom is -0.398 e. The molecule has 0 heterocycles. The van der Waals surface area contributed by atoms with Crippen molar-refractivity contribution in [2.75, 3.05) is 24.8 Å². The minimum absolute atomic E-state index is 0.193. The summed E-state index contributed by atoms with van der Waals surface area (Å²) >= 11 is 0. The normalized spacial score (nSPS) is 10.4. The van der Waals surface area contributed by atoms with Gasteiger partial charge in [-0.3, -0.25) is 4.79 Å². The zero-order valence-electron chi connectivity index (χ0n) is 12.3. The van der Waals surface area contributed by atoms with Crippen molar-refractivity contribution in [3.63, 3.8) is 0 Å². The Morgan fingerprint density at radius 2 is 1.95 bits per heavy atom. The lowest BCUT2D eigenvalue weighted by atomic mass is 10.1. The number of anilines is 2. The van der Waals surface area contributed by atoms with Gasteiger partial charge in [-0.15, -0.1) is 0 Å². The van der Waals surface area contributed by atoms with Crippen molar-refractivity contribution in [2.24, 2.45) is 0 Å². The Bertz CT molecular complexity index is 638. The Kier molecular flexibility index (Phi) is 4.95. The van der Waals surface area contributed by atoms with E-state index in [-0.39, 0.29) is 5.91 Å². The summed E-state index contributed by atoms with van der Waals surface area (Å²) in [5.74, 6) is -0.193. The maximum absolute atomic E-state index is 12.4. The molecule has 21 heavy (non-hydrogen) atoms. The van der Waals surface area contributed by atoms with Crippen LogP contribution in [-0.4, -0.2) is 19.6 Å². The number of hydrogen-bond acceptors (Lipinski definition) is 3. The highest BCUT2D eigenvalue weighted by atomic mass is 16.5. The van der Waals surface area contributed by atoms with E-state index in [0.29, 0.717) is 17.9 Å². The molecule has 0 saturated carbocycles. The molecule has 0 aliphatic rings. The summed E-state index contributed by atoms with van der Waals surface area (Å²) in [6, 6.07) is 13.2. The van der Waals surface area contributed by atoms with Gasteiger partial charge in [0.1, 0.15) is 0 Å².